The third-order valence-electron chi connectivity index (χ3n) is 5.75. The van der Waals surface area contributed by atoms with Crippen molar-refractivity contribution in [2.45, 2.75) is 89.9 Å². The third kappa shape index (κ3) is 8.81. The minimum Gasteiger partial charge on any atom is -0.458 e. The Labute approximate surface area is 157 Å². The lowest BCUT2D eigenvalue weighted by molar-refractivity contribution is -0.153. The zero-order valence-corrected chi connectivity index (χ0v) is 16.0. The zero-order valence-electron chi connectivity index (χ0n) is 16.0. The van der Waals surface area contributed by atoms with Crippen LogP contribution in [0.3, 0.4) is 0 Å². The van der Waals surface area contributed by atoms with Crippen molar-refractivity contribution in [3.63, 3.8) is 0 Å². The summed E-state index contributed by atoms with van der Waals surface area (Å²) < 4.78 is 10.0. The van der Waals surface area contributed by atoms with Crippen LogP contribution in [-0.4, -0.2) is 30.9 Å². The molecule has 5 heteroatoms. The molecule has 0 amide bonds. The summed E-state index contributed by atoms with van der Waals surface area (Å²) in [6.45, 7) is -0.585. The molecule has 0 radical (unpaired) electrons. The van der Waals surface area contributed by atoms with Crippen molar-refractivity contribution in [3.8, 4) is 0 Å². The van der Waals surface area contributed by atoms with Crippen molar-refractivity contribution < 1.29 is 23.9 Å². The Kier molecular flexibility index (Phi) is 9.72. The van der Waals surface area contributed by atoms with E-state index in [9.17, 15) is 14.4 Å². The van der Waals surface area contributed by atoms with Crippen LogP contribution in [0.1, 0.15) is 89.9 Å². The van der Waals surface area contributed by atoms with Crippen molar-refractivity contribution in [2.75, 3.05) is 13.2 Å². The fraction of sp³-hybridized carbons (Fsp3) is 0.857. The summed E-state index contributed by atoms with van der Waals surface area (Å²) >= 11 is 0. The van der Waals surface area contributed by atoms with Crippen LogP contribution >= 0.6 is 0 Å². The maximum atomic E-state index is 11.7. The summed E-state index contributed by atoms with van der Waals surface area (Å²) in [6.07, 6.45) is 14.9. The van der Waals surface area contributed by atoms with Gasteiger partial charge in [0.1, 0.15) is 0 Å². The SMILES string of the molecule is O=C(COC(=O)CCC1CCCCC1)COC(=O)CCC1CCCCC1. The number of ketones is 1. The predicted octanol–water partition coefficient (Wildman–Crippen LogP) is 4.36. The van der Waals surface area contributed by atoms with Gasteiger partial charge in [-0.15, -0.1) is 0 Å². The second-order valence-electron chi connectivity index (χ2n) is 7.95. The van der Waals surface area contributed by atoms with E-state index in [4.69, 9.17) is 9.47 Å². The largest absolute Gasteiger partial charge is 0.458 e. The molecular formula is C21H34O5. The Morgan fingerprint density at radius 2 is 1.00 bits per heavy atom. The minimum atomic E-state index is -0.359. The van der Waals surface area contributed by atoms with Crippen LogP contribution in [0.15, 0.2) is 0 Å². The van der Waals surface area contributed by atoms with Gasteiger partial charge in [-0.2, -0.15) is 0 Å². The molecule has 2 fully saturated rings. The van der Waals surface area contributed by atoms with Crippen LogP contribution in [-0.2, 0) is 23.9 Å². The first-order valence-corrected chi connectivity index (χ1v) is 10.5. The molecule has 2 aliphatic carbocycles. The average Bonchev–Trinajstić information content (AvgIpc) is 2.69. The van der Waals surface area contributed by atoms with E-state index < -0.39 is 0 Å². The van der Waals surface area contributed by atoms with Crippen LogP contribution in [0.4, 0.5) is 0 Å². The topological polar surface area (TPSA) is 69.7 Å². The van der Waals surface area contributed by atoms with Crippen LogP contribution < -0.4 is 0 Å². The molecule has 0 saturated heterocycles. The summed E-state index contributed by atoms with van der Waals surface area (Å²) in [4.78, 5) is 35.2. The molecule has 0 aliphatic heterocycles. The summed E-state index contributed by atoms with van der Waals surface area (Å²) in [5.41, 5.74) is 0. The van der Waals surface area contributed by atoms with Crippen LogP contribution in [0.2, 0.25) is 0 Å². The van der Waals surface area contributed by atoms with Crippen LogP contribution in [0, 0.1) is 11.8 Å². The summed E-state index contributed by atoms with van der Waals surface area (Å²) in [5, 5.41) is 0. The van der Waals surface area contributed by atoms with Crippen LogP contribution in [0.25, 0.3) is 0 Å². The molecule has 0 unspecified atom stereocenters. The van der Waals surface area contributed by atoms with Gasteiger partial charge in [0.2, 0.25) is 5.78 Å². The van der Waals surface area contributed by atoms with Crippen molar-refractivity contribution in [1.29, 1.82) is 0 Å². The molecule has 0 bridgehead atoms. The van der Waals surface area contributed by atoms with Gasteiger partial charge >= 0.3 is 11.9 Å². The van der Waals surface area contributed by atoms with Gasteiger partial charge in [-0.1, -0.05) is 64.2 Å². The van der Waals surface area contributed by atoms with Crippen LogP contribution in [0.5, 0.6) is 0 Å². The Balaban J connectivity index is 1.48. The molecular weight excluding hydrogens is 332 g/mol. The second kappa shape index (κ2) is 12.1. The molecule has 0 aromatic carbocycles. The third-order valence-corrected chi connectivity index (χ3v) is 5.75. The number of hydrogen-bond acceptors (Lipinski definition) is 5. The lowest BCUT2D eigenvalue weighted by Crippen LogP contribution is -2.21. The van der Waals surface area contributed by atoms with Gasteiger partial charge < -0.3 is 9.47 Å². The number of ether oxygens (including phenoxy) is 2. The van der Waals surface area contributed by atoms with Crippen molar-refractivity contribution in [2.24, 2.45) is 11.8 Å². The van der Waals surface area contributed by atoms with Gasteiger partial charge in [0.05, 0.1) is 0 Å². The molecule has 0 spiro atoms. The van der Waals surface area contributed by atoms with Crippen molar-refractivity contribution >= 4 is 17.7 Å². The smallest absolute Gasteiger partial charge is 0.306 e. The molecule has 5 nitrogen and oxygen atoms in total. The highest BCUT2D eigenvalue weighted by molar-refractivity contribution is 5.85. The molecule has 0 heterocycles. The fourth-order valence-electron chi connectivity index (χ4n) is 4.10. The number of rotatable bonds is 10. The van der Waals surface area contributed by atoms with E-state index in [-0.39, 0.29) is 30.9 Å². The van der Waals surface area contributed by atoms with E-state index in [1.165, 1.54) is 64.2 Å². The average molecular weight is 366 g/mol. The van der Waals surface area contributed by atoms with Crippen molar-refractivity contribution in [3.05, 3.63) is 0 Å². The van der Waals surface area contributed by atoms with Gasteiger partial charge in [0, 0.05) is 12.8 Å². The molecule has 0 N–H and O–H groups in total. The Morgan fingerprint density at radius 3 is 1.38 bits per heavy atom. The first-order chi connectivity index (χ1) is 12.6. The summed E-state index contributed by atoms with van der Waals surface area (Å²) in [6, 6.07) is 0. The van der Waals surface area contributed by atoms with Crippen molar-refractivity contribution in [1.82, 2.24) is 0 Å². The number of hydrogen-bond donors (Lipinski definition) is 0. The predicted molar refractivity (Wildman–Crippen MR) is 98.5 cm³/mol. The zero-order chi connectivity index (χ0) is 18.6. The highest BCUT2D eigenvalue weighted by Gasteiger charge is 2.18. The molecule has 2 rings (SSSR count). The Bertz CT molecular complexity index is 407. The molecule has 2 aliphatic rings. The van der Waals surface area contributed by atoms with Gasteiger partial charge in [0.25, 0.3) is 0 Å². The minimum absolute atomic E-state index is 0.292. The maximum absolute atomic E-state index is 11.7. The van der Waals surface area contributed by atoms with E-state index in [0.29, 0.717) is 24.7 Å². The Morgan fingerprint density at radius 1 is 0.615 bits per heavy atom. The number of carbonyl (C=O) groups excluding carboxylic acids is 3. The fourth-order valence-corrected chi connectivity index (χ4v) is 4.10. The number of esters is 2. The highest BCUT2D eigenvalue weighted by atomic mass is 16.6. The van der Waals surface area contributed by atoms with Gasteiger partial charge in [-0.05, 0) is 24.7 Å². The highest BCUT2D eigenvalue weighted by Crippen LogP contribution is 2.28. The summed E-state index contributed by atoms with van der Waals surface area (Å²) in [7, 11) is 0. The first kappa shape index (κ1) is 20.9. The lowest BCUT2D eigenvalue weighted by Gasteiger charge is -2.20. The molecule has 26 heavy (non-hydrogen) atoms. The number of carbonyl (C=O) groups is 3. The van der Waals surface area contributed by atoms with E-state index >= 15 is 0 Å². The molecule has 148 valence electrons. The lowest BCUT2D eigenvalue weighted by atomic mass is 9.86. The van der Waals surface area contributed by atoms with Gasteiger partial charge in [-0.3, -0.25) is 14.4 Å². The second-order valence-corrected chi connectivity index (χ2v) is 7.95. The van der Waals surface area contributed by atoms with E-state index in [2.05, 4.69) is 0 Å². The van der Waals surface area contributed by atoms with E-state index in [1.54, 1.807) is 0 Å². The van der Waals surface area contributed by atoms with Gasteiger partial charge in [-0.25, -0.2) is 0 Å². The quantitative estimate of drug-likeness (QED) is 0.537. The molecule has 0 aromatic rings. The summed E-state index contributed by atoms with van der Waals surface area (Å²) in [5.74, 6) is 0.233. The number of Topliss-reactive ketones (excluding diaryl/α,β-unsaturated/α-hetero) is 1. The monoisotopic (exact) mass is 366 g/mol. The Hall–Kier alpha value is -1.39. The molecule has 0 aromatic heterocycles. The molecule has 0 atom stereocenters. The standard InChI is InChI=1S/C21H34O5/c22-19(15-25-20(23)13-11-17-7-3-1-4-8-17)16-26-21(24)14-12-18-9-5-2-6-10-18/h17-18H,1-16H2. The maximum Gasteiger partial charge on any atom is 0.306 e. The molecule has 2 saturated carbocycles. The van der Waals surface area contributed by atoms with Gasteiger partial charge in [0.15, 0.2) is 13.2 Å². The first-order valence-electron chi connectivity index (χ1n) is 10.5. The van der Waals surface area contributed by atoms with E-state index in [1.807, 2.05) is 0 Å². The van der Waals surface area contributed by atoms with E-state index in [0.717, 1.165) is 12.8 Å². The normalized spacial score (nSPS) is 19.1.